The van der Waals surface area contributed by atoms with Gasteiger partial charge in [-0.2, -0.15) is 0 Å². The third-order valence-corrected chi connectivity index (χ3v) is 6.35. The molecule has 0 aromatic heterocycles. The molecular weight excluding hydrogens is 465 g/mol. The minimum atomic E-state index is -0.566. The number of rotatable bonds is 13. The molecule has 0 aliphatic carbocycles. The van der Waals surface area contributed by atoms with Gasteiger partial charge in [-0.1, -0.05) is 67.8 Å². The number of likely N-dealkylation sites (N-methyl/N-ethyl adjacent to an activating group) is 1. The molecule has 2 rings (SSSR count). The molecule has 3 amide bonds. The number of benzene rings is 1. The second-order valence-electron chi connectivity index (χ2n) is 8.27. The van der Waals surface area contributed by atoms with E-state index in [1.54, 1.807) is 18.2 Å². The number of nitrogens with zero attached hydrogens (tertiary/aromatic N) is 2. The number of hydrogen-bond donors (Lipinski definition) is 1. The van der Waals surface area contributed by atoms with Crippen molar-refractivity contribution in [1.82, 2.24) is 10.2 Å². The van der Waals surface area contributed by atoms with E-state index in [9.17, 15) is 19.2 Å². The van der Waals surface area contributed by atoms with Gasteiger partial charge in [0.05, 0.1) is 21.7 Å². The van der Waals surface area contributed by atoms with Crippen molar-refractivity contribution in [2.75, 3.05) is 13.6 Å². The molecule has 1 aromatic carbocycles. The maximum atomic E-state index is 12.5. The lowest BCUT2D eigenvalue weighted by Crippen LogP contribution is -2.43. The van der Waals surface area contributed by atoms with Gasteiger partial charge in [-0.15, -0.1) is 0 Å². The van der Waals surface area contributed by atoms with Crippen LogP contribution in [0.5, 0.6) is 0 Å². The van der Waals surface area contributed by atoms with E-state index in [1.807, 2.05) is 0 Å². The lowest BCUT2D eigenvalue weighted by Gasteiger charge is -2.20. The summed E-state index contributed by atoms with van der Waals surface area (Å²) in [5, 5.41) is 3.26. The van der Waals surface area contributed by atoms with Crippen LogP contribution in [-0.4, -0.2) is 53.8 Å². The molecule has 0 saturated heterocycles. The Morgan fingerprint density at radius 3 is 2.21 bits per heavy atom. The highest BCUT2D eigenvalue weighted by atomic mass is 35.5. The topological polar surface area (TPSA) is 95.9 Å². The van der Waals surface area contributed by atoms with E-state index in [4.69, 9.17) is 23.2 Å². The van der Waals surface area contributed by atoms with Gasteiger partial charge < -0.3 is 5.32 Å². The first-order chi connectivity index (χ1) is 15.7. The molecular formula is C24H31Cl2N3O4. The van der Waals surface area contributed by atoms with Gasteiger partial charge in [0, 0.05) is 7.05 Å². The van der Waals surface area contributed by atoms with E-state index in [2.05, 4.69) is 10.3 Å². The number of nitrogens with one attached hydrogen (secondary N) is 1. The number of imide groups is 1. The van der Waals surface area contributed by atoms with Crippen LogP contribution in [0.1, 0.15) is 75.1 Å². The van der Waals surface area contributed by atoms with Crippen LogP contribution < -0.4 is 5.32 Å². The quantitative estimate of drug-likeness (QED) is 0.318. The average Bonchev–Trinajstić information content (AvgIpc) is 2.76. The minimum absolute atomic E-state index is 0.0602. The molecule has 0 bridgehead atoms. The number of Topliss-reactive ketones (excluding diaryl/α,β-unsaturated/α-hetero) is 1. The number of carbonyl (C=O) groups excluding carboxylic acids is 4. The third-order valence-electron chi connectivity index (χ3n) is 5.72. The van der Waals surface area contributed by atoms with E-state index in [-0.39, 0.29) is 39.8 Å². The van der Waals surface area contributed by atoms with E-state index in [0.29, 0.717) is 18.6 Å². The number of hydrogen-bond acceptors (Lipinski definition) is 5. The first-order valence-electron chi connectivity index (χ1n) is 11.3. The molecule has 0 saturated carbocycles. The Morgan fingerprint density at radius 1 is 1.03 bits per heavy atom. The molecule has 7 nitrogen and oxygen atoms in total. The zero-order chi connectivity index (χ0) is 24.4. The standard InChI is InChI=1S/C24H31Cl2N3O4/c1-16(30)19(28-23(32)22-17(25)11-10-12-18(22)26)13-8-6-4-3-5-7-9-14-20-24(33)29(2)21(31)15-27-20/h10-12,19H,3-9,13-15H2,1-2H3,(H,28,32)/t19-/m0/s1. The summed E-state index contributed by atoms with van der Waals surface area (Å²) >= 11 is 12.2. The van der Waals surface area contributed by atoms with Crippen LogP contribution in [-0.2, 0) is 14.4 Å². The molecule has 0 fully saturated rings. The first kappa shape index (κ1) is 27.0. The highest BCUT2D eigenvalue weighted by molar-refractivity contribution is 6.42. The summed E-state index contributed by atoms with van der Waals surface area (Å²) in [7, 11) is 1.49. The van der Waals surface area contributed by atoms with Gasteiger partial charge in [0.1, 0.15) is 12.3 Å². The van der Waals surface area contributed by atoms with Crippen molar-refractivity contribution in [3.63, 3.8) is 0 Å². The summed E-state index contributed by atoms with van der Waals surface area (Å²) in [5.74, 6) is -1.08. The van der Waals surface area contributed by atoms with Crippen molar-refractivity contribution in [3.8, 4) is 0 Å². The fraction of sp³-hybridized carbons (Fsp3) is 0.542. The second-order valence-corrected chi connectivity index (χ2v) is 9.08. The van der Waals surface area contributed by atoms with Gasteiger partial charge in [-0.05, 0) is 38.3 Å². The van der Waals surface area contributed by atoms with Crippen molar-refractivity contribution in [2.24, 2.45) is 4.99 Å². The molecule has 1 aliphatic heterocycles. The van der Waals surface area contributed by atoms with Gasteiger partial charge in [0.15, 0.2) is 5.78 Å². The van der Waals surface area contributed by atoms with Crippen molar-refractivity contribution < 1.29 is 19.2 Å². The Labute approximate surface area is 204 Å². The normalized spacial score (nSPS) is 14.8. The Hall–Kier alpha value is -2.25. The molecule has 1 N–H and O–H groups in total. The summed E-state index contributed by atoms with van der Waals surface area (Å²) in [4.78, 5) is 53.1. The number of amides is 3. The van der Waals surface area contributed by atoms with Crippen molar-refractivity contribution >= 4 is 52.4 Å². The van der Waals surface area contributed by atoms with Gasteiger partial charge in [-0.25, -0.2) is 0 Å². The van der Waals surface area contributed by atoms with Crippen molar-refractivity contribution in [2.45, 2.75) is 70.8 Å². The molecule has 1 heterocycles. The molecule has 1 aromatic rings. The van der Waals surface area contributed by atoms with E-state index in [0.717, 1.165) is 49.8 Å². The fourth-order valence-electron chi connectivity index (χ4n) is 3.68. The van der Waals surface area contributed by atoms with Crippen LogP contribution >= 0.6 is 23.2 Å². The molecule has 1 atom stereocenters. The highest BCUT2D eigenvalue weighted by Crippen LogP contribution is 2.24. The van der Waals surface area contributed by atoms with Crippen LogP contribution in [0, 0.1) is 0 Å². The molecule has 9 heteroatoms. The summed E-state index contributed by atoms with van der Waals surface area (Å²) in [6.45, 7) is 1.53. The molecule has 0 unspecified atom stereocenters. The van der Waals surface area contributed by atoms with E-state index < -0.39 is 11.9 Å². The maximum Gasteiger partial charge on any atom is 0.274 e. The summed E-state index contributed by atoms with van der Waals surface area (Å²) < 4.78 is 0. The molecule has 180 valence electrons. The zero-order valence-electron chi connectivity index (χ0n) is 19.2. The Balaban J connectivity index is 1.62. The predicted octanol–water partition coefficient (Wildman–Crippen LogP) is 4.63. The van der Waals surface area contributed by atoms with Gasteiger partial charge >= 0.3 is 0 Å². The Bertz CT molecular complexity index is 897. The lowest BCUT2D eigenvalue weighted by molar-refractivity contribution is -0.139. The van der Waals surface area contributed by atoms with Crippen molar-refractivity contribution in [3.05, 3.63) is 33.8 Å². The van der Waals surface area contributed by atoms with Gasteiger partial charge in [0.25, 0.3) is 17.7 Å². The van der Waals surface area contributed by atoms with Crippen LogP contribution in [0.3, 0.4) is 0 Å². The monoisotopic (exact) mass is 495 g/mol. The second kappa shape index (κ2) is 13.5. The van der Waals surface area contributed by atoms with Crippen LogP contribution in [0.15, 0.2) is 23.2 Å². The minimum Gasteiger partial charge on any atom is -0.342 e. The van der Waals surface area contributed by atoms with E-state index in [1.165, 1.54) is 14.0 Å². The number of aliphatic imine (C=N–C) groups is 1. The molecule has 1 aliphatic rings. The van der Waals surface area contributed by atoms with Crippen LogP contribution in [0.2, 0.25) is 10.0 Å². The van der Waals surface area contributed by atoms with Crippen LogP contribution in [0.25, 0.3) is 0 Å². The highest BCUT2D eigenvalue weighted by Gasteiger charge is 2.25. The smallest absolute Gasteiger partial charge is 0.274 e. The van der Waals surface area contributed by atoms with Crippen LogP contribution in [0.4, 0.5) is 0 Å². The Morgan fingerprint density at radius 2 is 1.61 bits per heavy atom. The summed E-state index contributed by atoms with van der Waals surface area (Å²) in [6, 6.07) is 4.27. The molecule has 33 heavy (non-hydrogen) atoms. The zero-order valence-corrected chi connectivity index (χ0v) is 20.7. The largest absolute Gasteiger partial charge is 0.342 e. The van der Waals surface area contributed by atoms with E-state index >= 15 is 0 Å². The SMILES string of the molecule is CC(=O)[C@H](CCCCCCCCCC1=NCC(=O)N(C)C1=O)NC(=O)c1c(Cl)cccc1Cl. The first-order valence-corrected chi connectivity index (χ1v) is 12.1. The lowest BCUT2D eigenvalue weighted by atomic mass is 10.0. The number of unbranched alkanes of at least 4 members (excludes halogenated alkanes) is 6. The number of carbonyl (C=O) groups is 4. The number of ketones is 1. The van der Waals surface area contributed by atoms with Gasteiger partial charge in [0.2, 0.25) is 0 Å². The third kappa shape index (κ3) is 8.23. The van der Waals surface area contributed by atoms with Crippen molar-refractivity contribution in [1.29, 1.82) is 0 Å². The fourth-order valence-corrected chi connectivity index (χ4v) is 4.25. The number of halogens is 2. The summed E-state index contributed by atoms with van der Waals surface area (Å²) in [5.41, 5.74) is 0.679. The summed E-state index contributed by atoms with van der Waals surface area (Å²) in [6.07, 6.45) is 7.97. The molecule has 0 spiro atoms. The maximum absolute atomic E-state index is 12.5. The van der Waals surface area contributed by atoms with Gasteiger partial charge in [-0.3, -0.25) is 29.1 Å². The Kier molecular flexibility index (Phi) is 11.0. The predicted molar refractivity (Wildman–Crippen MR) is 130 cm³/mol. The molecule has 0 radical (unpaired) electrons. The average molecular weight is 496 g/mol.